The first-order valence-corrected chi connectivity index (χ1v) is 5.39. The second-order valence-corrected chi connectivity index (χ2v) is 3.47. The van der Waals surface area contributed by atoms with Crippen molar-refractivity contribution in [2.24, 2.45) is 32.2 Å². The predicted octanol–water partition coefficient (Wildman–Crippen LogP) is -0.492. The van der Waals surface area contributed by atoms with E-state index < -0.39 is 0 Å². The molecule has 0 spiro atoms. The van der Waals surface area contributed by atoms with Crippen LogP contribution >= 0.6 is 0 Å². The highest BCUT2D eigenvalue weighted by Crippen LogP contribution is 1.88. The number of nitrogens with zero attached hydrogens (tertiary/aromatic N) is 3. The minimum atomic E-state index is 0.112. The fourth-order valence-corrected chi connectivity index (χ4v) is 0.986. The molecule has 0 unspecified atom stereocenters. The van der Waals surface area contributed by atoms with Gasteiger partial charge in [-0.1, -0.05) is 0 Å². The van der Waals surface area contributed by atoms with Crippen molar-refractivity contribution in [3.8, 4) is 0 Å². The molecule has 0 aromatic carbocycles. The lowest BCUT2D eigenvalue weighted by Crippen LogP contribution is -2.18. The van der Waals surface area contributed by atoms with Gasteiger partial charge in [0, 0.05) is 38.9 Å². The third kappa shape index (κ3) is 10.4. The van der Waals surface area contributed by atoms with Crippen LogP contribution in [0.5, 0.6) is 0 Å². The molecule has 0 saturated carbocycles. The van der Waals surface area contributed by atoms with Crippen LogP contribution in [0.2, 0.25) is 0 Å². The second-order valence-electron chi connectivity index (χ2n) is 3.47. The summed E-state index contributed by atoms with van der Waals surface area (Å²) in [6.07, 6.45) is 1.60. The Balaban J connectivity index is 3.78. The summed E-state index contributed by atoms with van der Waals surface area (Å²) in [5.41, 5.74) is 16.5. The molecule has 0 aliphatic heterocycles. The molecule has 0 radical (unpaired) electrons. The normalized spacial score (nSPS) is 12.5. The van der Waals surface area contributed by atoms with E-state index in [2.05, 4.69) is 21.7 Å². The van der Waals surface area contributed by atoms with Crippen molar-refractivity contribution in [3.05, 3.63) is 0 Å². The Bertz CT molecular complexity index is 306. The Labute approximate surface area is 101 Å². The minimum absolute atomic E-state index is 0.112. The van der Waals surface area contributed by atoms with Crippen molar-refractivity contribution in [1.82, 2.24) is 0 Å². The largest absolute Gasteiger partial charge is 0.388 e. The van der Waals surface area contributed by atoms with Gasteiger partial charge in [0.15, 0.2) is 0 Å². The van der Waals surface area contributed by atoms with Gasteiger partial charge in [0.2, 0.25) is 0 Å². The van der Waals surface area contributed by atoms with Crippen LogP contribution in [0.25, 0.3) is 0 Å². The number of amidine groups is 3. The summed E-state index contributed by atoms with van der Waals surface area (Å²) < 4.78 is 0. The maximum absolute atomic E-state index is 7.01. The third-order valence-corrected chi connectivity index (χ3v) is 1.90. The van der Waals surface area contributed by atoms with Crippen molar-refractivity contribution in [2.75, 3.05) is 19.6 Å². The van der Waals surface area contributed by atoms with Crippen LogP contribution in [0.1, 0.15) is 19.3 Å². The summed E-state index contributed by atoms with van der Waals surface area (Å²) in [6, 6.07) is 0. The topological polar surface area (TPSA) is 139 Å². The molecule has 17 heavy (non-hydrogen) atoms. The first kappa shape index (κ1) is 15.1. The molecule has 0 aromatic heterocycles. The van der Waals surface area contributed by atoms with E-state index >= 15 is 0 Å². The molecule has 0 bridgehead atoms. The van der Waals surface area contributed by atoms with Gasteiger partial charge < -0.3 is 22.2 Å². The summed E-state index contributed by atoms with van der Waals surface area (Å²) >= 11 is 0. The van der Waals surface area contributed by atoms with Gasteiger partial charge in [-0.05, 0) is 6.72 Å². The molecular weight excluding hydrogens is 218 g/mol. The van der Waals surface area contributed by atoms with Gasteiger partial charge in [0.05, 0.1) is 17.5 Å². The zero-order valence-corrected chi connectivity index (χ0v) is 10.0. The number of hydrogen-bond acceptors (Lipinski definition) is 4. The average molecular weight is 239 g/mol. The summed E-state index contributed by atoms with van der Waals surface area (Å²) in [6.45, 7) is 4.90. The van der Waals surface area contributed by atoms with Gasteiger partial charge in [0.1, 0.15) is 0 Å². The average Bonchev–Trinajstić information content (AvgIpc) is 2.25. The van der Waals surface area contributed by atoms with Crippen LogP contribution in [0.3, 0.4) is 0 Å². The van der Waals surface area contributed by atoms with E-state index in [-0.39, 0.29) is 5.84 Å². The van der Waals surface area contributed by atoms with Crippen molar-refractivity contribution < 1.29 is 0 Å². The summed E-state index contributed by atoms with van der Waals surface area (Å²) in [5.74, 6) is 1.17. The zero-order chi connectivity index (χ0) is 13.1. The maximum atomic E-state index is 7.01. The Kier molecular flexibility index (Phi) is 8.26. The van der Waals surface area contributed by atoms with E-state index in [4.69, 9.17) is 22.6 Å². The molecule has 0 aliphatic rings. The van der Waals surface area contributed by atoms with Crippen LogP contribution in [-0.4, -0.2) is 43.9 Å². The first-order chi connectivity index (χ1) is 8.06. The molecule has 0 heterocycles. The third-order valence-electron chi connectivity index (χ3n) is 1.90. The van der Waals surface area contributed by atoms with Gasteiger partial charge in [-0.3, -0.25) is 15.4 Å². The summed E-state index contributed by atoms with van der Waals surface area (Å²) in [7, 11) is 0. The lowest BCUT2D eigenvalue weighted by molar-refractivity contribution is 0.957. The number of rotatable bonds is 9. The fourth-order valence-electron chi connectivity index (χ4n) is 0.986. The van der Waals surface area contributed by atoms with Crippen LogP contribution < -0.4 is 17.2 Å². The molecule has 0 aliphatic carbocycles. The van der Waals surface area contributed by atoms with Crippen molar-refractivity contribution in [2.45, 2.75) is 19.3 Å². The molecule has 7 nitrogen and oxygen atoms in total. The quantitative estimate of drug-likeness (QED) is 0.319. The molecule has 0 fully saturated rings. The SMILES string of the molecule is C=NCCC(N)=NCCC(N)=NCCC(=N)N. The molecule has 0 aromatic rings. The fraction of sp³-hybridized carbons (Fsp3) is 0.600. The van der Waals surface area contributed by atoms with E-state index in [0.717, 1.165) is 0 Å². The lowest BCUT2D eigenvalue weighted by atomic mass is 10.3. The molecule has 7 heteroatoms. The monoisotopic (exact) mass is 239 g/mol. The number of nitrogens with two attached hydrogens (primary N) is 3. The standard InChI is InChI=1S/C10H21N7/c1-15-5-3-9(13)17-7-4-10(14)16-6-2-8(11)12/h1-7H2,(H3,11,12)(H2,13,17)(H2,14,16). The zero-order valence-electron chi connectivity index (χ0n) is 10.0. The molecule has 0 saturated heterocycles. The summed E-state index contributed by atoms with van der Waals surface area (Å²) in [4.78, 5) is 11.9. The molecule has 0 rings (SSSR count). The molecule has 0 amide bonds. The Morgan fingerprint density at radius 3 is 1.82 bits per heavy atom. The van der Waals surface area contributed by atoms with Crippen LogP contribution in [0, 0.1) is 5.41 Å². The lowest BCUT2D eigenvalue weighted by Gasteiger charge is -2.00. The molecule has 0 atom stereocenters. The van der Waals surface area contributed by atoms with E-state index in [0.29, 0.717) is 50.6 Å². The summed E-state index contributed by atoms with van der Waals surface area (Å²) in [5, 5.41) is 7.01. The predicted molar refractivity (Wildman–Crippen MR) is 73.2 cm³/mol. The van der Waals surface area contributed by atoms with E-state index in [1.807, 2.05) is 0 Å². The molecule has 7 N–H and O–H groups in total. The first-order valence-electron chi connectivity index (χ1n) is 5.39. The number of hydrogen-bond donors (Lipinski definition) is 4. The van der Waals surface area contributed by atoms with Gasteiger partial charge >= 0.3 is 0 Å². The Hall–Kier alpha value is -1.92. The van der Waals surface area contributed by atoms with Crippen LogP contribution in [0.15, 0.2) is 15.0 Å². The molecular formula is C10H21N7. The minimum Gasteiger partial charge on any atom is -0.388 e. The number of nitrogens with one attached hydrogen (secondary N) is 1. The van der Waals surface area contributed by atoms with Crippen LogP contribution in [0.4, 0.5) is 0 Å². The molecule has 96 valence electrons. The van der Waals surface area contributed by atoms with E-state index in [9.17, 15) is 0 Å². The van der Waals surface area contributed by atoms with Crippen molar-refractivity contribution in [3.63, 3.8) is 0 Å². The van der Waals surface area contributed by atoms with Crippen molar-refractivity contribution >= 4 is 24.2 Å². The van der Waals surface area contributed by atoms with Crippen LogP contribution in [-0.2, 0) is 0 Å². The second kappa shape index (κ2) is 9.32. The van der Waals surface area contributed by atoms with E-state index in [1.54, 1.807) is 0 Å². The highest BCUT2D eigenvalue weighted by molar-refractivity contribution is 5.83. The van der Waals surface area contributed by atoms with Gasteiger partial charge in [0.25, 0.3) is 0 Å². The van der Waals surface area contributed by atoms with Gasteiger partial charge in [-0.25, -0.2) is 0 Å². The van der Waals surface area contributed by atoms with Gasteiger partial charge in [-0.15, -0.1) is 0 Å². The van der Waals surface area contributed by atoms with Gasteiger partial charge in [-0.2, -0.15) is 0 Å². The highest BCUT2D eigenvalue weighted by atomic mass is 14.9. The maximum Gasteiger partial charge on any atom is 0.0955 e. The van der Waals surface area contributed by atoms with E-state index in [1.165, 1.54) is 0 Å². The number of aliphatic imine (C=N–C) groups is 3. The van der Waals surface area contributed by atoms with Crippen molar-refractivity contribution in [1.29, 1.82) is 5.41 Å². The Morgan fingerprint density at radius 2 is 1.35 bits per heavy atom. The Morgan fingerprint density at radius 1 is 0.882 bits per heavy atom. The highest BCUT2D eigenvalue weighted by Gasteiger charge is 1.95. The smallest absolute Gasteiger partial charge is 0.0955 e.